The van der Waals surface area contributed by atoms with Crippen LogP contribution in [0.3, 0.4) is 0 Å². The predicted octanol–water partition coefficient (Wildman–Crippen LogP) is 3.09. The fourth-order valence-electron chi connectivity index (χ4n) is 2.57. The standard InChI is InChI=1S/C20H19BrN4O3/c21-14-7-8-18(26)15(11-14)19(27)22-9-4-10-23-20(28)17-12-16(24-25-17)13-5-2-1-3-6-13/h1-3,5-8,11-12,26H,4,9-10H2,(H,22,27)(H,23,28)(H,24,25). The van der Waals surface area contributed by atoms with Crippen molar-refractivity contribution in [2.24, 2.45) is 0 Å². The molecule has 1 heterocycles. The zero-order valence-corrected chi connectivity index (χ0v) is 16.5. The second kappa shape index (κ2) is 9.18. The third-order valence-electron chi connectivity index (χ3n) is 4.02. The van der Waals surface area contributed by atoms with Gasteiger partial charge in [-0.05, 0) is 30.7 Å². The molecule has 0 spiro atoms. The number of hydrogen-bond acceptors (Lipinski definition) is 4. The van der Waals surface area contributed by atoms with Crippen LogP contribution >= 0.6 is 15.9 Å². The summed E-state index contributed by atoms with van der Waals surface area (Å²) in [4.78, 5) is 24.3. The van der Waals surface area contributed by atoms with Crippen LogP contribution in [0.5, 0.6) is 5.75 Å². The maximum absolute atomic E-state index is 12.2. The SMILES string of the molecule is O=C(NCCCNC(=O)c1cc(Br)ccc1O)c1cc(-c2ccccc2)n[nH]1. The molecule has 0 aliphatic rings. The molecule has 0 radical (unpaired) electrons. The molecule has 0 unspecified atom stereocenters. The van der Waals surface area contributed by atoms with E-state index in [1.54, 1.807) is 18.2 Å². The van der Waals surface area contributed by atoms with Gasteiger partial charge in [-0.25, -0.2) is 0 Å². The molecule has 0 fully saturated rings. The summed E-state index contributed by atoms with van der Waals surface area (Å²) in [7, 11) is 0. The zero-order valence-electron chi connectivity index (χ0n) is 14.9. The van der Waals surface area contributed by atoms with Gasteiger partial charge in [0.25, 0.3) is 11.8 Å². The summed E-state index contributed by atoms with van der Waals surface area (Å²) in [5.74, 6) is -0.709. The topological polar surface area (TPSA) is 107 Å². The maximum atomic E-state index is 12.2. The third kappa shape index (κ3) is 4.98. The first-order chi connectivity index (χ1) is 13.5. The molecule has 8 heteroatoms. The van der Waals surface area contributed by atoms with Crippen LogP contribution < -0.4 is 10.6 Å². The fraction of sp³-hybridized carbons (Fsp3) is 0.150. The summed E-state index contributed by atoms with van der Waals surface area (Å²) in [5.41, 5.74) is 2.20. The van der Waals surface area contributed by atoms with Crippen LogP contribution in [-0.4, -0.2) is 40.2 Å². The van der Waals surface area contributed by atoms with Crippen molar-refractivity contribution in [1.29, 1.82) is 0 Å². The zero-order chi connectivity index (χ0) is 19.9. The van der Waals surface area contributed by atoms with E-state index in [1.807, 2.05) is 30.3 Å². The maximum Gasteiger partial charge on any atom is 0.269 e. The first kappa shape index (κ1) is 19.6. The number of phenolic OH excluding ortho intramolecular Hbond substituents is 1. The molecule has 3 aromatic rings. The number of phenols is 1. The first-order valence-corrected chi connectivity index (χ1v) is 9.49. The average Bonchev–Trinajstić information content (AvgIpc) is 3.20. The number of aromatic nitrogens is 2. The van der Waals surface area contributed by atoms with E-state index in [1.165, 1.54) is 6.07 Å². The molecular formula is C20H19BrN4O3. The Morgan fingerprint density at radius 1 is 1.00 bits per heavy atom. The number of hydrogen-bond donors (Lipinski definition) is 4. The van der Waals surface area contributed by atoms with E-state index in [9.17, 15) is 14.7 Å². The highest BCUT2D eigenvalue weighted by molar-refractivity contribution is 9.10. The van der Waals surface area contributed by atoms with E-state index < -0.39 is 0 Å². The molecule has 4 N–H and O–H groups in total. The van der Waals surface area contributed by atoms with Gasteiger partial charge in [0.05, 0.1) is 11.3 Å². The molecule has 2 amide bonds. The van der Waals surface area contributed by atoms with Crippen molar-refractivity contribution in [1.82, 2.24) is 20.8 Å². The Morgan fingerprint density at radius 2 is 1.71 bits per heavy atom. The van der Waals surface area contributed by atoms with Crippen molar-refractivity contribution < 1.29 is 14.7 Å². The molecule has 0 saturated heterocycles. The minimum Gasteiger partial charge on any atom is -0.507 e. The van der Waals surface area contributed by atoms with Crippen molar-refractivity contribution in [3.05, 3.63) is 70.3 Å². The quantitative estimate of drug-likeness (QED) is 0.421. The Hall–Kier alpha value is -3.13. The number of carbonyl (C=O) groups is 2. The molecule has 3 rings (SSSR count). The number of benzene rings is 2. The Bertz CT molecular complexity index is 973. The largest absolute Gasteiger partial charge is 0.507 e. The number of rotatable bonds is 7. The third-order valence-corrected chi connectivity index (χ3v) is 4.51. The monoisotopic (exact) mass is 442 g/mol. The smallest absolute Gasteiger partial charge is 0.269 e. The van der Waals surface area contributed by atoms with E-state index in [4.69, 9.17) is 0 Å². The molecule has 2 aromatic carbocycles. The highest BCUT2D eigenvalue weighted by Gasteiger charge is 2.12. The van der Waals surface area contributed by atoms with Crippen LogP contribution in [0.15, 0.2) is 59.1 Å². The van der Waals surface area contributed by atoms with Crippen molar-refractivity contribution in [3.8, 4) is 17.0 Å². The van der Waals surface area contributed by atoms with E-state index in [0.717, 1.165) is 5.56 Å². The molecule has 0 bridgehead atoms. The molecule has 144 valence electrons. The summed E-state index contributed by atoms with van der Waals surface area (Å²) in [6, 6.07) is 15.9. The molecule has 1 aromatic heterocycles. The van der Waals surface area contributed by atoms with Gasteiger partial charge in [0.2, 0.25) is 0 Å². The molecular weight excluding hydrogens is 424 g/mol. The van der Waals surface area contributed by atoms with Crippen LogP contribution in [0.4, 0.5) is 0 Å². The lowest BCUT2D eigenvalue weighted by Gasteiger charge is -2.08. The fourth-order valence-corrected chi connectivity index (χ4v) is 2.93. The Balaban J connectivity index is 1.43. The van der Waals surface area contributed by atoms with Gasteiger partial charge >= 0.3 is 0 Å². The Kier molecular flexibility index (Phi) is 6.44. The van der Waals surface area contributed by atoms with Gasteiger partial charge in [0.1, 0.15) is 11.4 Å². The van der Waals surface area contributed by atoms with Crippen molar-refractivity contribution in [2.45, 2.75) is 6.42 Å². The number of nitrogens with zero attached hydrogens (tertiary/aromatic N) is 1. The van der Waals surface area contributed by atoms with Crippen LogP contribution in [-0.2, 0) is 0 Å². The second-order valence-electron chi connectivity index (χ2n) is 6.06. The Labute approximate surface area is 170 Å². The van der Waals surface area contributed by atoms with Gasteiger partial charge in [-0.3, -0.25) is 14.7 Å². The first-order valence-electron chi connectivity index (χ1n) is 8.70. The summed E-state index contributed by atoms with van der Waals surface area (Å²) in [5, 5.41) is 22.1. The van der Waals surface area contributed by atoms with Crippen LogP contribution in [0.1, 0.15) is 27.3 Å². The molecule has 28 heavy (non-hydrogen) atoms. The number of nitrogens with one attached hydrogen (secondary N) is 3. The van der Waals surface area contributed by atoms with E-state index in [0.29, 0.717) is 35.4 Å². The molecule has 0 aliphatic carbocycles. The molecule has 7 nitrogen and oxygen atoms in total. The van der Waals surface area contributed by atoms with Crippen molar-refractivity contribution >= 4 is 27.7 Å². The van der Waals surface area contributed by atoms with Gasteiger partial charge in [-0.15, -0.1) is 0 Å². The van der Waals surface area contributed by atoms with E-state index in [-0.39, 0.29) is 23.1 Å². The summed E-state index contributed by atoms with van der Waals surface area (Å²) in [6.45, 7) is 0.757. The van der Waals surface area contributed by atoms with E-state index in [2.05, 4.69) is 36.8 Å². The lowest BCUT2D eigenvalue weighted by molar-refractivity contribution is 0.0947. The minimum absolute atomic E-state index is 0.0810. The summed E-state index contributed by atoms with van der Waals surface area (Å²) >= 11 is 3.27. The lowest BCUT2D eigenvalue weighted by atomic mass is 10.1. The number of amides is 2. The van der Waals surface area contributed by atoms with Gasteiger partial charge in [0, 0.05) is 23.1 Å². The second-order valence-corrected chi connectivity index (χ2v) is 6.98. The lowest BCUT2D eigenvalue weighted by Crippen LogP contribution is -2.30. The number of aromatic hydroxyl groups is 1. The normalized spacial score (nSPS) is 10.5. The van der Waals surface area contributed by atoms with E-state index >= 15 is 0 Å². The predicted molar refractivity (Wildman–Crippen MR) is 109 cm³/mol. The molecule has 0 saturated carbocycles. The highest BCUT2D eigenvalue weighted by Crippen LogP contribution is 2.21. The molecule has 0 aliphatic heterocycles. The van der Waals surface area contributed by atoms with Gasteiger partial charge in [-0.1, -0.05) is 46.3 Å². The van der Waals surface area contributed by atoms with Gasteiger partial charge < -0.3 is 15.7 Å². The Morgan fingerprint density at radius 3 is 2.46 bits per heavy atom. The van der Waals surface area contributed by atoms with Gasteiger partial charge in [0.15, 0.2) is 0 Å². The minimum atomic E-state index is -0.369. The van der Waals surface area contributed by atoms with Crippen LogP contribution in [0.25, 0.3) is 11.3 Å². The summed E-state index contributed by atoms with van der Waals surface area (Å²) in [6.07, 6.45) is 0.548. The molecule has 0 atom stereocenters. The number of aromatic amines is 1. The van der Waals surface area contributed by atoms with Crippen molar-refractivity contribution in [3.63, 3.8) is 0 Å². The average molecular weight is 443 g/mol. The number of halogens is 1. The summed E-state index contributed by atoms with van der Waals surface area (Å²) < 4.78 is 0.706. The van der Waals surface area contributed by atoms with Crippen molar-refractivity contribution in [2.75, 3.05) is 13.1 Å². The van der Waals surface area contributed by atoms with Crippen LogP contribution in [0.2, 0.25) is 0 Å². The van der Waals surface area contributed by atoms with Crippen LogP contribution in [0, 0.1) is 0 Å². The highest BCUT2D eigenvalue weighted by atomic mass is 79.9. The number of H-pyrrole nitrogens is 1. The number of carbonyl (C=O) groups excluding carboxylic acids is 2. The van der Waals surface area contributed by atoms with Gasteiger partial charge in [-0.2, -0.15) is 5.10 Å².